The van der Waals surface area contributed by atoms with Crippen LogP contribution in [0.1, 0.15) is 16.1 Å². The zero-order valence-electron chi connectivity index (χ0n) is 11.6. The molecule has 0 atom stereocenters. The van der Waals surface area contributed by atoms with Gasteiger partial charge in [-0.25, -0.2) is 4.98 Å². The van der Waals surface area contributed by atoms with Crippen LogP contribution in [0.3, 0.4) is 0 Å². The summed E-state index contributed by atoms with van der Waals surface area (Å²) in [7, 11) is 1.58. The van der Waals surface area contributed by atoms with E-state index < -0.39 is 0 Å². The number of carbonyl (C=O) groups is 1. The van der Waals surface area contributed by atoms with Crippen LogP contribution in [0.5, 0.6) is 11.6 Å². The van der Waals surface area contributed by atoms with Crippen LogP contribution in [0.2, 0.25) is 0 Å². The molecule has 0 aliphatic rings. The fourth-order valence-corrected chi connectivity index (χ4v) is 2.26. The van der Waals surface area contributed by atoms with Crippen molar-refractivity contribution in [2.45, 2.75) is 6.61 Å². The van der Waals surface area contributed by atoms with E-state index in [1.54, 1.807) is 31.4 Å². The molecule has 8 heteroatoms. The highest BCUT2D eigenvalue weighted by molar-refractivity contribution is 9.10. The van der Waals surface area contributed by atoms with E-state index in [2.05, 4.69) is 31.0 Å². The molecule has 0 saturated heterocycles. The van der Waals surface area contributed by atoms with Gasteiger partial charge in [0.05, 0.1) is 12.3 Å². The van der Waals surface area contributed by atoms with Crippen molar-refractivity contribution in [2.75, 3.05) is 7.11 Å². The minimum atomic E-state index is 0.333. The van der Waals surface area contributed by atoms with Crippen LogP contribution >= 0.6 is 15.9 Å². The fraction of sp³-hybridized carbons (Fsp3) is 0.143. The summed E-state index contributed by atoms with van der Waals surface area (Å²) < 4.78 is 13.1. The zero-order valence-corrected chi connectivity index (χ0v) is 13.1. The summed E-state index contributed by atoms with van der Waals surface area (Å²) in [5, 5.41) is 4.07. The molecule has 1 aromatic carbocycles. The lowest BCUT2D eigenvalue weighted by Gasteiger charge is -2.09. The first-order chi connectivity index (χ1) is 10.7. The molecule has 0 unspecified atom stereocenters. The molecule has 3 rings (SSSR count). The Labute approximate surface area is 134 Å². The quantitative estimate of drug-likeness (QED) is 0.649. The van der Waals surface area contributed by atoms with E-state index in [9.17, 15) is 4.79 Å². The fourth-order valence-electron chi connectivity index (χ4n) is 1.92. The Morgan fingerprint density at radius 3 is 3.00 bits per heavy atom. The van der Waals surface area contributed by atoms with E-state index in [1.807, 2.05) is 0 Å². The van der Waals surface area contributed by atoms with Gasteiger partial charge in [-0.1, -0.05) is 15.9 Å². The number of benzene rings is 1. The van der Waals surface area contributed by atoms with Gasteiger partial charge < -0.3 is 9.47 Å². The second kappa shape index (κ2) is 6.20. The number of aldehydes is 1. The highest BCUT2D eigenvalue weighted by Gasteiger charge is 2.10. The maximum absolute atomic E-state index is 11.0. The third-order valence-corrected chi connectivity index (χ3v) is 3.60. The van der Waals surface area contributed by atoms with Crippen molar-refractivity contribution in [1.82, 2.24) is 19.6 Å². The number of rotatable bonds is 5. The van der Waals surface area contributed by atoms with Crippen molar-refractivity contribution in [3.63, 3.8) is 0 Å². The van der Waals surface area contributed by atoms with Crippen LogP contribution in [0.15, 0.2) is 35.1 Å². The number of ether oxygens (including phenoxy) is 2. The van der Waals surface area contributed by atoms with Gasteiger partial charge in [0.1, 0.15) is 12.1 Å². The van der Waals surface area contributed by atoms with Crippen molar-refractivity contribution in [1.29, 1.82) is 0 Å². The average Bonchev–Trinajstić information content (AvgIpc) is 2.98. The molecule has 0 bridgehead atoms. The lowest BCUT2D eigenvalue weighted by Crippen LogP contribution is -2.02. The largest absolute Gasteiger partial charge is 0.439 e. The Bertz CT molecular complexity index is 834. The Balaban J connectivity index is 2.02. The molecule has 3 aromatic rings. The third kappa shape index (κ3) is 2.83. The van der Waals surface area contributed by atoms with Gasteiger partial charge in [0.25, 0.3) is 5.78 Å². The number of aromatic nitrogens is 4. The average molecular weight is 363 g/mol. The molecule has 22 heavy (non-hydrogen) atoms. The number of methoxy groups -OCH3 is 1. The lowest BCUT2D eigenvalue weighted by molar-refractivity contribution is 0.112. The van der Waals surface area contributed by atoms with Crippen molar-refractivity contribution in [2.24, 2.45) is 0 Å². The second-order valence-corrected chi connectivity index (χ2v) is 5.25. The van der Waals surface area contributed by atoms with Gasteiger partial charge in [0, 0.05) is 23.2 Å². The molecule has 0 N–H and O–H groups in total. The highest BCUT2D eigenvalue weighted by atomic mass is 79.9. The van der Waals surface area contributed by atoms with E-state index in [-0.39, 0.29) is 0 Å². The zero-order chi connectivity index (χ0) is 15.5. The summed E-state index contributed by atoms with van der Waals surface area (Å²) in [5.74, 6) is 1.36. The second-order valence-electron chi connectivity index (χ2n) is 4.39. The summed E-state index contributed by atoms with van der Waals surface area (Å²) in [5.41, 5.74) is 1.17. The van der Waals surface area contributed by atoms with E-state index in [0.29, 0.717) is 39.7 Å². The lowest BCUT2D eigenvalue weighted by atomic mass is 10.2. The predicted octanol–water partition coefficient (Wildman–Crippen LogP) is 2.64. The number of carbonyl (C=O) groups excluding carboxylic acids is 1. The number of hydrogen-bond acceptors (Lipinski definition) is 6. The van der Waals surface area contributed by atoms with E-state index >= 15 is 0 Å². The van der Waals surface area contributed by atoms with E-state index in [0.717, 1.165) is 6.29 Å². The minimum absolute atomic E-state index is 0.333. The van der Waals surface area contributed by atoms with E-state index in [4.69, 9.17) is 9.47 Å². The van der Waals surface area contributed by atoms with Crippen LogP contribution in [-0.2, 0) is 11.3 Å². The maximum Gasteiger partial charge on any atom is 0.255 e. The number of halogens is 1. The summed E-state index contributed by atoms with van der Waals surface area (Å²) in [6.07, 6.45) is 2.15. The van der Waals surface area contributed by atoms with Gasteiger partial charge in [0.2, 0.25) is 5.88 Å². The third-order valence-electron chi connectivity index (χ3n) is 2.88. The molecule has 0 aliphatic heterocycles. The molecule has 0 fully saturated rings. The molecular weight excluding hydrogens is 352 g/mol. The number of fused-ring (bicyclic) bond motifs is 1. The van der Waals surface area contributed by atoms with Gasteiger partial charge in [-0.3, -0.25) is 4.79 Å². The smallest absolute Gasteiger partial charge is 0.255 e. The van der Waals surface area contributed by atoms with Crippen LogP contribution in [0.4, 0.5) is 0 Å². The Kier molecular flexibility index (Phi) is 4.12. The SMILES string of the molecule is COCc1cc(Oc2ccc(Br)c(C=O)c2)n2ncnc2n1. The predicted molar refractivity (Wildman–Crippen MR) is 81.1 cm³/mol. The van der Waals surface area contributed by atoms with Gasteiger partial charge in [-0.2, -0.15) is 14.6 Å². The summed E-state index contributed by atoms with van der Waals surface area (Å²) in [4.78, 5) is 19.4. The van der Waals surface area contributed by atoms with Crippen molar-refractivity contribution in [3.8, 4) is 11.6 Å². The Morgan fingerprint density at radius 2 is 2.23 bits per heavy atom. The number of nitrogens with zero attached hydrogens (tertiary/aromatic N) is 4. The molecule has 112 valence electrons. The molecule has 2 aromatic heterocycles. The first-order valence-electron chi connectivity index (χ1n) is 6.32. The van der Waals surface area contributed by atoms with Gasteiger partial charge >= 0.3 is 0 Å². The van der Waals surface area contributed by atoms with Crippen molar-refractivity contribution < 1.29 is 14.3 Å². The first-order valence-corrected chi connectivity index (χ1v) is 7.11. The molecule has 0 radical (unpaired) electrons. The normalized spacial score (nSPS) is 10.8. The van der Waals surface area contributed by atoms with Gasteiger partial charge in [0.15, 0.2) is 6.29 Å². The highest BCUT2D eigenvalue weighted by Crippen LogP contribution is 2.26. The number of hydrogen-bond donors (Lipinski definition) is 0. The first kappa shape index (κ1) is 14.6. The molecule has 2 heterocycles. The van der Waals surface area contributed by atoms with Gasteiger partial charge in [-0.05, 0) is 18.2 Å². The van der Waals surface area contributed by atoms with Crippen LogP contribution < -0.4 is 4.74 Å². The van der Waals surface area contributed by atoms with Crippen LogP contribution in [0, 0.1) is 0 Å². The summed E-state index contributed by atoms with van der Waals surface area (Å²) >= 11 is 3.30. The van der Waals surface area contributed by atoms with E-state index in [1.165, 1.54) is 10.8 Å². The van der Waals surface area contributed by atoms with Crippen LogP contribution in [0.25, 0.3) is 5.78 Å². The monoisotopic (exact) mass is 362 g/mol. The Morgan fingerprint density at radius 1 is 1.36 bits per heavy atom. The molecule has 0 aliphatic carbocycles. The molecule has 0 amide bonds. The minimum Gasteiger partial charge on any atom is -0.439 e. The van der Waals surface area contributed by atoms with Crippen molar-refractivity contribution in [3.05, 3.63) is 46.3 Å². The molecule has 0 saturated carbocycles. The van der Waals surface area contributed by atoms with Crippen molar-refractivity contribution >= 4 is 28.0 Å². The molecular formula is C14H11BrN4O3. The van der Waals surface area contributed by atoms with Gasteiger partial charge in [-0.15, -0.1) is 0 Å². The maximum atomic E-state index is 11.0. The molecule has 0 spiro atoms. The molecule has 7 nitrogen and oxygen atoms in total. The topological polar surface area (TPSA) is 78.6 Å². The summed E-state index contributed by atoms with van der Waals surface area (Å²) in [6.45, 7) is 0.333. The Hall–Kier alpha value is -2.32. The standard InChI is InChI=1S/C14H11BrN4O3/c1-21-7-10-5-13(19-14(18-10)16-8-17-19)22-11-2-3-12(15)9(4-11)6-20/h2-6,8H,7H2,1H3. The summed E-state index contributed by atoms with van der Waals surface area (Å²) in [6, 6.07) is 6.84. The van der Waals surface area contributed by atoms with Crippen LogP contribution in [-0.4, -0.2) is 33.0 Å².